The third-order valence-electron chi connectivity index (χ3n) is 3.94. The molecule has 0 saturated heterocycles. The van der Waals surface area contributed by atoms with Crippen LogP contribution in [0.15, 0.2) is 58.2 Å². The Kier molecular flexibility index (Phi) is 5.77. The van der Waals surface area contributed by atoms with Crippen molar-refractivity contribution in [1.29, 1.82) is 5.26 Å². The third-order valence-corrected chi connectivity index (χ3v) is 4.52. The topological polar surface area (TPSA) is 112 Å². The van der Waals surface area contributed by atoms with Crippen molar-refractivity contribution in [3.63, 3.8) is 0 Å². The van der Waals surface area contributed by atoms with Gasteiger partial charge in [0.1, 0.15) is 5.40 Å². The molecular weight excluding hydrogens is 378 g/mol. The van der Waals surface area contributed by atoms with Gasteiger partial charge in [0.15, 0.2) is 6.61 Å². The zero-order valence-corrected chi connectivity index (χ0v) is 15.6. The van der Waals surface area contributed by atoms with Gasteiger partial charge in [-0.05, 0) is 48.5 Å². The molecule has 0 aliphatic heterocycles. The van der Waals surface area contributed by atoms with Gasteiger partial charge in [0.25, 0.3) is 5.91 Å². The normalized spacial score (nSPS) is 10.3. The number of thiocyanates is 1. The minimum absolute atomic E-state index is 0.0983. The number of nitriles is 1. The number of hydrogen-bond donors (Lipinski definition) is 2. The van der Waals surface area contributed by atoms with Crippen LogP contribution in [0.1, 0.15) is 15.9 Å². The van der Waals surface area contributed by atoms with Gasteiger partial charge < -0.3 is 15.0 Å². The minimum atomic E-state index is -0.755. The zero-order chi connectivity index (χ0) is 20.1. The highest BCUT2D eigenvalue weighted by atomic mass is 32.2. The molecule has 1 aromatic heterocycles. The van der Waals surface area contributed by atoms with Crippen molar-refractivity contribution in [2.75, 3.05) is 11.9 Å². The summed E-state index contributed by atoms with van der Waals surface area (Å²) in [5.41, 5.74) is 1.52. The summed E-state index contributed by atoms with van der Waals surface area (Å²) in [5.74, 6) is -1.26. The van der Waals surface area contributed by atoms with Gasteiger partial charge in [0.2, 0.25) is 5.56 Å². The number of rotatable bonds is 5. The van der Waals surface area contributed by atoms with Crippen molar-refractivity contribution in [2.45, 2.75) is 11.8 Å². The number of aryl methyl sites for hydroxylation is 1. The first-order chi connectivity index (χ1) is 13.5. The number of H-pyrrole nitrogens is 1. The fourth-order valence-corrected chi connectivity index (χ4v) is 3.14. The lowest BCUT2D eigenvalue weighted by Crippen LogP contribution is -2.22. The number of para-hydroxylation sites is 1. The molecule has 0 aliphatic rings. The summed E-state index contributed by atoms with van der Waals surface area (Å²) >= 11 is 1.03. The number of nitrogens with one attached hydrogen (secondary N) is 2. The van der Waals surface area contributed by atoms with Gasteiger partial charge >= 0.3 is 5.97 Å². The lowest BCUT2D eigenvalue weighted by Gasteiger charge is -2.10. The first kappa shape index (κ1) is 19.2. The molecule has 0 spiro atoms. The van der Waals surface area contributed by atoms with Gasteiger partial charge in [-0.1, -0.05) is 18.2 Å². The maximum absolute atomic E-state index is 12.4. The first-order valence-corrected chi connectivity index (χ1v) is 9.05. The summed E-state index contributed by atoms with van der Waals surface area (Å²) in [6, 6.07) is 13.2. The standard InChI is InChI=1S/C20H15N3O4S/c1-12-8-13(28-11-21)6-7-16(12)22-19(25)10-27-20(26)15-9-18(24)23-17-5-3-2-4-14(15)17/h2-9H,10H2,1H3,(H,22,25)(H,23,24). The summed E-state index contributed by atoms with van der Waals surface area (Å²) < 4.78 is 5.08. The second-order valence-electron chi connectivity index (χ2n) is 5.89. The largest absolute Gasteiger partial charge is 0.452 e. The molecule has 1 heterocycles. The van der Waals surface area contributed by atoms with Crippen LogP contribution in [0, 0.1) is 17.6 Å². The maximum atomic E-state index is 12.4. The smallest absolute Gasteiger partial charge is 0.339 e. The van der Waals surface area contributed by atoms with E-state index in [1.54, 1.807) is 49.4 Å². The number of anilines is 1. The number of hydrogen-bond acceptors (Lipinski definition) is 6. The van der Waals surface area contributed by atoms with E-state index in [-0.39, 0.29) is 5.56 Å². The van der Waals surface area contributed by atoms with E-state index in [1.165, 1.54) is 0 Å². The van der Waals surface area contributed by atoms with E-state index in [1.807, 2.05) is 5.40 Å². The highest BCUT2D eigenvalue weighted by molar-refractivity contribution is 8.03. The van der Waals surface area contributed by atoms with Crippen LogP contribution in [-0.4, -0.2) is 23.5 Å². The number of fused-ring (bicyclic) bond motifs is 1. The van der Waals surface area contributed by atoms with Gasteiger partial charge in [0.05, 0.1) is 5.56 Å². The fourth-order valence-electron chi connectivity index (χ4n) is 2.66. The van der Waals surface area contributed by atoms with E-state index in [2.05, 4.69) is 10.3 Å². The molecular formula is C20H15N3O4S. The van der Waals surface area contributed by atoms with Gasteiger partial charge in [-0.25, -0.2) is 4.79 Å². The molecule has 0 unspecified atom stereocenters. The Morgan fingerprint density at radius 1 is 1.21 bits per heavy atom. The van der Waals surface area contributed by atoms with Gasteiger partial charge in [0, 0.05) is 27.6 Å². The molecule has 8 heteroatoms. The molecule has 1 amide bonds. The van der Waals surface area contributed by atoms with Crippen molar-refractivity contribution >= 4 is 40.2 Å². The van der Waals surface area contributed by atoms with Crippen LogP contribution in [0.2, 0.25) is 0 Å². The predicted molar refractivity (Wildman–Crippen MR) is 106 cm³/mol. The van der Waals surface area contributed by atoms with Crippen molar-refractivity contribution in [2.24, 2.45) is 0 Å². The Morgan fingerprint density at radius 2 is 2.00 bits per heavy atom. The van der Waals surface area contributed by atoms with Crippen LogP contribution in [0.25, 0.3) is 10.9 Å². The van der Waals surface area contributed by atoms with E-state index >= 15 is 0 Å². The Labute approximate surface area is 164 Å². The number of nitrogens with zero attached hydrogens (tertiary/aromatic N) is 1. The summed E-state index contributed by atoms with van der Waals surface area (Å²) in [4.78, 5) is 39.6. The number of ether oxygens (including phenoxy) is 1. The number of benzene rings is 2. The van der Waals surface area contributed by atoms with Gasteiger partial charge in [-0.3, -0.25) is 9.59 Å². The van der Waals surface area contributed by atoms with Gasteiger partial charge in [-0.2, -0.15) is 5.26 Å². The molecule has 3 aromatic rings. The number of aromatic amines is 1. The second-order valence-corrected chi connectivity index (χ2v) is 6.75. The monoisotopic (exact) mass is 393 g/mol. The zero-order valence-electron chi connectivity index (χ0n) is 14.8. The molecule has 0 radical (unpaired) electrons. The fraction of sp³-hybridized carbons (Fsp3) is 0.100. The van der Waals surface area contributed by atoms with Crippen LogP contribution in [0.3, 0.4) is 0 Å². The summed E-state index contributed by atoms with van der Waals surface area (Å²) in [6.45, 7) is 1.31. The molecule has 0 fully saturated rings. The SMILES string of the molecule is Cc1cc(SC#N)ccc1NC(=O)COC(=O)c1cc(=O)[nH]c2ccccc12. The summed E-state index contributed by atoms with van der Waals surface area (Å²) in [5, 5.41) is 13.9. The number of thioether (sulfide) groups is 1. The molecule has 0 atom stereocenters. The van der Waals surface area contributed by atoms with E-state index in [4.69, 9.17) is 10.00 Å². The number of amides is 1. The van der Waals surface area contributed by atoms with Crippen LogP contribution >= 0.6 is 11.8 Å². The van der Waals surface area contributed by atoms with Crippen LogP contribution in [0.5, 0.6) is 0 Å². The van der Waals surface area contributed by atoms with Gasteiger partial charge in [-0.15, -0.1) is 0 Å². The molecule has 0 saturated carbocycles. The van der Waals surface area contributed by atoms with E-state index in [9.17, 15) is 14.4 Å². The molecule has 140 valence electrons. The number of carbonyl (C=O) groups excluding carboxylic acids is 2. The number of carbonyl (C=O) groups is 2. The average molecular weight is 393 g/mol. The highest BCUT2D eigenvalue weighted by Crippen LogP contribution is 2.23. The molecule has 28 heavy (non-hydrogen) atoms. The van der Waals surface area contributed by atoms with Crippen LogP contribution in [0.4, 0.5) is 5.69 Å². The summed E-state index contributed by atoms with van der Waals surface area (Å²) in [7, 11) is 0. The maximum Gasteiger partial charge on any atom is 0.339 e. The average Bonchev–Trinajstić information content (AvgIpc) is 2.67. The predicted octanol–water partition coefficient (Wildman–Crippen LogP) is 3.21. The Hall–Kier alpha value is -3.57. The molecule has 0 aliphatic carbocycles. The quantitative estimate of drug-likeness (QED) is 0.391. The highest BCUT2D eigenvalue weighted by Gasteiger charge is 2.15. The summed E-state index contributed by atoms with van der Waals surface area (Å²) in [6.07, 6.45) is 0. The molecule has 3 rings (SSSR count). The Morgan fingerprint density at radius 3 is 2.75 bits per heavy atom. The van der Waals surface area contributed by atoms with Crippen molar-refractivity contribution < 1.29 is 14.3 Å². The second kappa shape index (κ2) is 8.41. The van der Waals surface area contributed by atoms with Crippen LogP contribution in [-0.2, 0) is 9.53 Å². The number of pyridine rings is 1. The van der Waals surface area contributed by atoms with E-state index in [0.29, 0.717) is 16.6 Å². The van der Waals surface area contributed by atoms with Crippen LogP contribution < -0.4 is 10.9 Å². The molecule has 0 bridgehead atoms. The molecule has 2 N–H and O–H groups in total. The number of esters is 1. The Balaban J connectivity index is 1.68. The van der Waals surface area contributed by atoms with Crippen molar-refractivity contribution in [1.82, 2.24) is 4.98 Å². The van der Waals surface area contributed by atoms with Crippen molar-refractivity contribution in [3.8, 4) is 5.40 Å². The Bertz CT molecular complexity index is 1160. The lowest BCUT2D eigenvalue weighted by atomic mass is 10.1. The molecule has 7 nitrogen and oxygen atoms in total. The lowest BCUT2D eigenvalue weighted by molar-refractivity contribution is -0.119. The van der Waals surface area contributed by atoms with E-state index in [0.717, 1.165) is 28.3 Å². The third kappa shape index (κ3) is 4.39. The number of aromatic nitrogens is 1. The van der Waals surface area contributed by atoms with E-state index < -0.39 is 24.0 Å². The van der Waals surface area contributed by atoms with Crippen molar-refractivity contribution in [3.05, 3.63) is 70.0 Å². The first-order valence-electron chi connectivity index (χ1n) is 8.23. The minimum Gasteiger partial charge on any atom is -0.452 e. The molecule has 2 aromatic carbocycles.